The van der Waals surface area contributed by atoms with Crippen LogP contribution in [0, 0.1) is 11.3 Å². The van der Waals surface area contributed by atoms with Crippen LogP contribution in [-0.4, -0.2) is 33.5 Å². The Labute approximate surface area is 221 Å². The molecule has 2 aromatic heterocycles. The molecule has 2 N–H and O–H groups in total. The van der Waals surface area contributed by atoms with Crippen LogP contribution in [0.15, 0.2) is 71.4 Å². The summed E-state index contributed by atoms with van der Waals surface area (Å²) in [6, 6.07) is 13.2. The SMILES string of the molecule is C=N/C(C)=C(\C=C(/C)NC(=O)c1ccnc(C(C)(C)C#N)c1)c1cccc(-c2ncnc3c2CC(=O)N3)c1. The van der Waals surface area contributed by atoms with E-state index in [1.807, 2.05) is 37.3 Å². The van der Waals surface area contributed by atoms with Crippen LogP contribution in [-0.2, 0) is 16.6 Å². The number of aliphatic imine (C=N–C) groups is 1. The van der Waals surface area contributed by atoms with Gasteiger partial charge >= 0.3 is 0 Å². The average molecular weight is 506 g/mol. The summed E-state index contributed by atoms with van der Waals surface area (Å²) in [5.74, 6) is 0.0974. The van der Waals surface area contributed by atoms with Crippen molar-refractivity contribution in [2.75, 3.05) is 5.32 Å². The Morgan fingerprint density at radius 2 is 1.97 bits per heavy atom. The second-order valence-corrected chi connectivity index (χ2v) is 9.46. The van der Waals surface area contributed by atoms with Gasteiger partial charge in [-0.05, 0) is 64.3 Å². The van der Waals surface area contributed by atoms with Gasteiger partial charge < -0.3 is 10.6 Å². The van der Waals surface area contributed by atoms with Gasteiger partial charge in [-0.15, -0.1) is 0 Å². The van der Waals surface area contributed by atoms with E-state index in [0.29, 0.717) is 34.2 Å². The van der Waals surface area contributed by atoms with Crippen LogP contribution in [0.2, 0.25) is 0 Å². The summed E-state index contributed by atoms with van der Waals surface area (Å²) in [6.45, 7) is 10.8. The lowest BCUT2D eigenvalue weighted by Crippen LogP contribution is -2.23. The van der Waals surface area contributed by atoms with E-state index in [1.165, 1.54) is 12.5 Å². The largest absolute Gasteiger partial charge is 0.326 e. The average Bonchev–Trinajstić information content (AvgIpc) is 3.31. The second kappa shape index (κ2) is 10.6. The van der Waals surface area contributed by atoms with Gasteiger partial charge in [-0.1, -0.05) is 18.2 Å². The van der Waals surface area contributed by atoms with E-state index in [4.69, 9.17) is 0 Å². The number of benzene rings is 1. The highest BCUT2D eigenvalue weighted by Crippen LogP contribution is 2.32. The molecular formula is C29H27N7O2. The zero-order valence-electron chi connectivity index (χ0n) is 21.7. The normalized spacial score (nSPS) is 13.7. The number of rotatable bonds is 7. The van der Waals surface area contributed by atoms with Crippen LogP contribution in [0.5, 0.6) is 0 Å². The molecule has 0 saturated carbocycles. The number of aromatic nitrogens is 3. The summed E-state index contributed by atoms with van der Waals surface area (Å²) < 4.78 is 0. The molecule has 0 bridgehead atoms. The molecule has 190 valence electrons. The third-order valence-electron chi connectivity index (χ3n) is 6.23. The van der Waals surface area contributed by atoms with Crippen molar-refractivity contribution in [1.29, 1.82) is 5.26 Å². The summed E-state index contributed by atoms with van der Waals surface area (Å²) in [7, 11) is 0. The molecule has 0 fully saturated rings. The first-order chi connectivity index (χ1) is 18.1. The van der Waals surface area contributed by atoms with E-state index < -0.39 is 5.41 Å². The van der Waals surface area contributed by atoms with Gasteiger partial charge in [0.1, 0.15) is 12.1 Å². The Balaban J connectivity index is 1.65. The summed E-state index contributed by atoms with van der Waals surface area (Å²) in [5.41, 5.74) is 5.23. The van der Waals surface area contributed by atoms with Crippen molar-refractivity contribution in [3.63, 3.8) is 0 Å². The highest BCUT2D eigenvalue weighted by atomic mass is 16.2. The number of pyridine rings is 1. The number of hydrogen-bond donors (Lipinski definition) is 2. The van der Waals surface area contributed by atoms with Gasteiger partial charge in [0, 0.05) is 39.9 Å². The van der Waals surface area contributed by atoms with Crippen LogP contribution in [0.25, 0.3) is 16.8 Å². The minimum absolute atomic E-state index is 0.114. The minimum atomic E-state index is -0.817. The molecule has 9 nitrogen and oxygen atoms in total. The van der Waals surface area contributed by atoms with Gasteiger partial charge in [-0.2, -0.15) is 5.26 Å². The Morgan fingerprint density at radius 1 is 1.18 bits per heavy atom. The van der Waals surface area contributed by atoms with Crippen molar-refractivity contribution in [2.45, 2.75) is 39.5 Å². The Bertz CT molecular complexity index is 1560. The van der Waals surface area contributed by atoms with Crippen molar-refractivity contribution < 1.29 is 9.59 Å². The van der Waals surface area contributed by atoms with E-state index in [1.54, 1.807) is 32.9 Å². The molecule has 0 unspecified atom stereocenters. The summed E-state index contributed by atoms with van der Waals surface area (Å²) >= 11 is 0. The molecule has 38 heavy (non-hydrogen) atoms. The van der Waals surface area contributed by atoms with Gasteiger partial charge in [-0.3, -0.25) is 19.6 Å². The van der Waals surface area contributed by atoms with E-state index in [0.717, 1.165) is 22.3 Å². The summed E-state index contributed by atoms with van der Waals surface area (Å²) in [5, 5.41) is 15.1. The maximum absolute atomic E-state index is 13.0. The van der Waals surface area contributed by atoms with Crippen molar-refractivity contribution in [3.8, 4) is 17.3 Å². The molecular weight excluding hydrogens is 478 g/mol. The van der Waals surface area contributed by atoms with Crippen molar-refractivity contribution in [3.05, 3.63) is 88.8 Å². The number of nitrogens with one attached hydrogen (secondary N) is 2. The fraction of sp³-hybridized carbons (Fsp3) is 0.207. The molecule has 4 rings (SSSR count). The molecule has 3 aromatic rings. The lowest BCUT2D eigenvalue weighted by molar-refractivity contribution is -0.115. The standard InChI is InChI=1S/C29H27N7O2/c1-17(35-28(38)21-9-10-32-24(13-21)29(3,4)15-30)11-22(18(2)31-5)19-7-6-8-20(12-19)26-23-14-25(37)36-27(23)34-16-33-26/h6-13,16H,5,14H2,1-4H3,(H,35,38)(H,33,34,36,37)/b17-11+,22-18+. The molecule has 1 aromatic carbocycles. The molecule has 9 heteroatoms. The lowest BCUT2D eigenvalue weighted by Gasteiger charge is -2.15. The highest BCUT2D eigenvalue weighted by Gasteiger charge is 2.24. The quantitative estimate of drug-likeness (QED) is 0.356. The molecule has 1 aliphatic rings. The van der Waals surface area contributed by atoms with Gasteiger partial charge in [-0.25, -0.2) is 9.97 Å². The monoisotopic (exact) mass is 505 g/mol. The third-order valence-corrected chi connectivity index (χ3v) is 6.23. The molecule has 0 atom stereocenters. The van der Waals surface area contributed by atoms with Crippen molar-refractivity contribution in [1.82, 2.24) is 20.3 Å². The van der Waals surface area contributed by atoms with Crippen LogP contribution < -0.4 is 10.6 Å². The first kappa shape index (κ1) is 26.1. The smallest absolute Gasteiger partial charge is 0.255 e. The van der Waals surface area contributed by atoms with Gasteiger partial charge in [0.25, 0.3) is 5.91 Å². The molecule has 1 aliphatic heterocycles. The first-order valence-corrected chi connectivity index (χ1v) is 11.9. The van der Waals surface area contributed by atoms with E-state index in [-0.39, 0.29) is 18.2 Å². The molecule has 0 saturated heterocycles. The minimum Gasteiger partial charge on any atom is -0.326 e. The van der Waals surface area contributed by atoms with Crippen LogP contribution in [0.3, 0.4) is 0 Å². The number of allylic oxidation sites excluding steroid dienone is 4. The first-order valence-electron chi connectivity index (χ1n) is 11.9. The van der Waals surface area contributed by atoms with Gasteiger partial charge in [0.15, 0.2) is 0 Å². The molecule has 0 radical (unpaired) electrons. The Kier molecular flexibility index (Phi) is 7.26. The predicted molar refractivity (Wildman–Crippen MR) is 146 cm³/mol. The fourth-order valence-electron chi connectivity index (χ4n) is 4.06. The fourth-order valence-corrected chi connectivity index (χ4v) is 4.06. The molecule has 3 heterocycles. The van der Waals surface area contributed by atoms with Crippen LogP contribution in [0.1, 0.15) is 54.9 Å². The third kappa shape index (κ3) is 5.39. The zero-order chi connectivity index (χ0) is 27.4. The van der Waals surface area contributed by atoms with Gasteiger partial charge in [0.05, 0.1) is 29.3 Å². The van der Waals surface area contributed by atoms with E-state index in [2.05, 4.69) is 43.4 Å². The number of carbonyl (C=O) groups is 2. The summed E-state index contributed by atoms with van der Waals surface area (Å²) in [4.78, 5) is 41.9. The zero-order valence-corrected chi connectivity index (χ0v) is 21.7. The number of nitriles is 1. The second-order valence-electron chi connectivity index (χ2n) is 9.46. The number of fused-ring (bicyclic) bond motifs is 1. The van der Waals surface area contributed by atoms with Crippen LogP contribution >= 0.6 is 0 Å². The lowest BCUT2D eigenvalue weighted by atomic mass is 9.90. The number of amides is 2. The maximum atomic E-state index is 13.0. The Morgan fingerprint density at radius 3 is 2.71 bits per heavy atom. The topological polar surface area (TPSA) is 133 Å². The van der Waals surface area contributed by atoms with Gasteiger partial charge in [0.2, 0.25) is 5.91 Å². The molecule has 2 amide bonds. The van der Waals surface area contributed by atoms with Crippen molar-refractivity contribution in [2.24, 2.45) is 4.99 Å². The van der Waals surface area contributed by atoms with Crippen molar-refractivity contribution >= 4 is 29.9 Å². The number of hydrogen-bond acceptors (Lipinski definition) is 7. The highest BCUT2D eigenvalue weighted by molar-refractivity contribution is 6.00. The molecule has 0 aliphatic carbocycles. The summed E-state index contributed by atoms with van der Waals surface area (Å²) in [6.07, 6.45) is 5.01. The van der Waals surface area contributed by atoms with Crippen LogP contribution in [0.4, 0.5) is 5.82 Å². The number of anilines is 1. The van der Waals surface area contributed by atoms with E-state index in [9.17, 15) is 14.9 Å². The number of nitrogens with zero attached hydrogens (tertiary/aromatic N) is 5. The number of carbonyl (C=O) groups excluding carboxylic acids is 2. The Hall–Kier alpha value is -4.97. The predicted octanol–water partition coefficient (Wildman–Crippen LogP) is 4.60. The molecule has 0 spiro atoms. The van der Waals surface area contributed by atoms with E-state index >= 15 is 0 Å². The maximum Gasteiger partial charge on any atom is 0.255 e.